The minimum absolute atomic E-state index is 1.19. The summed E-state index contributed by atoms with van der Waals surface area (Å²) in [6, 6.07) is 0. The Morgan fingerprint density at radius 3 is 2.44 bits per heavy atom. The zero-order chi connectivity index (χ0) is 6.53. The van der Waals surface area contributed by atoms with Crippen molar-refractivity contribution in [2.75, 3.05) is 13.1 Å². The monoisotopic (exact) mass is 126 g/mol. The Morgan fingerprint density at radius 2 is 1.89 bits per heavy atom. The average molecular weight is 126 g/mol. The third-order valence-corrected chi connectivity index (χ3v) is 1.83. The molecule has 1 radical (unpaired) electrons. The van der Waals surface area contributed by atoms with E-state index in [-0.39, 0.29) is 0 Å². The van der Waals surface area contributed by atoms with Gasteiger partial charge in [-0.2, -0.15) is 0 Å². The molecular weight excluding hydrogens is 110 g/mol. The Hall–Kier alpha value is -0.0400. The van der Waals surface area contributed by atoms with Crippen molar-refractivity contribution in [3.05, 3.63) is 6.54 Å². The van der Waals surface area contributed by atoms with Gasteiger partial charge in [-0.3, -0.25) is 4.90 Å². The highest BCUT2D eigenvalue weighted by atomic mass is 15.1. The molecule has 0 N–H and O–H groups in total. The summed E-state index contributed by atoms with van der Waals surface area (Å²) in [6.45, 7) is 7.12. The van der Waals surface area contributed by atoms with Gasteiger partial charge in [-0.05, 0) is 32.4 Å². The molecule has 1 saturated heterocycles. The summed E-state index contributed by atoms with van der Waals surface area (Å²) < 4.78 is 0. The molecule has 0 amide bonds. The first-order valence-electron chi connectivity index (χ1n) is 4.01. The fourth-order valence-corrected chi connectivity index (χ4v) is 1.36. The van der Waals surface area contributed by atoms with E-state index < -0.39 is 0 Å². The van der Waals surface area contributed by atoms with Crippen molar-refractivity contribution in [2.45, 2.75) is 32.6 Å². The molecule has 1 heterocycles. The molecule has 53 valence electrons. The van der Waals surface area contributed by atoms with Crippen molar-refractivity contribution in [3.63, 3.8) is 0 Å². The van der Waals surface area contributed by atoms with Crippen LogP contribution in [0.25, 0.3) is 0 Å². The van der Waals surface area contributed by atoms with Gasteiger partial charge in [-0.25, -0.2) is 0 Å². The summed E-state index contributed by atoms with van der Waals surface area (Å²) in [5.41, 5.74) is 0. The third kappa shape index (κ3) is 2.35. The molecule has 0 aromatic carbocycles. The maximum atomic E-state index is 2.45. The summed E-state index contributed by atoms with van der Waals surface area (Å²) in [5, 5.41) is 0. The highest BCUT2D eigenvalue weighted by molar-refractivity contribution is 4.70. The first-order valence-corrected chi connectivity index (χ1v) is 4.01. The number of nitrogens with zero attached hydrogens (tertiary/aromatic N) is 1. The van der Waals surface area contributed by atoms with E-state index in [2.05, 4.69) is 18.4 Å². The Morgan fingerprint density at radius 1 is 1.22 bits per heavy atom. The average Bonchev–Trinajstić information content (AvgIpc) is 1.91. The van der Waals surface area contributed by atoms with Gasteiger partial charge in [0.25, 0.3) is 0 Å². The minimum Gasteiger partial charge on any atom is -0.299 e. The molecule has 0 aliphatic carbocycles. The van der Waals surface area contributed by atoms with E-state index in [9.17, 15) is 0 Å². The van der Waals surface area contributed by atoms with Crippen molar-refractivity contribution < 1.29 is 0 Å². The van der Waals surface area contributed by atoms with Crippen molar-refractivity contribution in [1.29, 1.82) is 0 Å². The number of piperidine rings is 1. The second-order valence-corrected chi connectivity index (χ2v) is 2.69. The molecule has 0 bridgehead atoms. The van der Waals surface area contributed by atoms with Gasteiger partial charge >= 0.3 is 0 Å². The standard InChI is InChI=1S/C8H16N/c1-2-6-9-7-4-3-5-8-9/h6H,2-5,7-8H2,1H3. The second kappa shape index (κ2) is 3.89. The second-order valence-electron chi connectivity index (χ2n) is 2.69. The fraction of sp³-hybridized carbons (Fsp3) is 0.875. The van der Waals surface area contributed by atoms with Gasteiger partial charge in [0.1, 0.15) is 0 Å². The van der Waals surface area contributed by atoms with Crippen LogP contribution in [-0.2, 0) is 0 Å². The molecule has 1 aliphatic heterocycles. The number of rotatable bonds is 2. The van der Waals surface area contributed by atoms with Gasteiger partial charge in [0.2, 0.25) is 0 Å². The Kier molecular flexibility index (Phi) is 3.05. The highest BCUT2D eigenvalue weighted by Gasteiger charge is 2.07. The molecule has 0 aromatic heterocycles. The lowest BCUT2D eigenvalue weighted by Gasteiger charge is -2.24. The largest absolute Gasteiger partial charge is 0.299 e. The molecule has 0 spiro atoms. The number of likely N-dealkylation sites (tertiary alicyclic amines) is 1. The van der Waals surface area contributed by atoms with E-state index in [1.807, 2.05) is 0 Å². The zero-order valence-corrected chi connectivity index (χ0v) is 6.27. The lowest BCUT2D eigenvalue weighted by atomic mass is 10.1. The van der Waals surface area contributed by atoms with Crippen LogP contribution < -0.4 is 0 Å². The maximum Gasteiger partial charge on any atom is 0.0248 e. The first-order chi connectivity index (χ1) is 4.43. The van der Waals surface area contributed by atoms with E-state index >= 15 is 0 Å². The molecule has 1 aliphatic rings. The van der Waals surface area contributed by atoms with E-state index in [1.54, 1.807) is 0 Å². The lowest BCUT2D eigenvalue weighted by Crippen LogP contribution is -2.26. The first kappa shape index (κ1) is 7.07. The van der Waals surface area contributed by atoms with Crippen LogP contribution in [0.3, 0.4) is 0 Å². The summed E-state index contributed by atoms with van der Waals surface area (Å²) in [4.78, 5) is 2.45. The topological polar surface area (TPSA) is 3.24 Å². The van der Waals surface area contributed by atoms with Crippen LogP contribution in [0.5, 0.6) is 0 Å². The molecule has 9 heavy (non-hydrogen) atoms. The summed E-state index contributed by atoms with van der Waals surface area (Å²) >= 11 is 0. The molecule has 1 heteroatoms. The number of hydrogen-bond donors (Lipinski definition) is 0. The van der Waals surface area contributed by atoms with Crippen LogP contribution in [0.2, 0.25) is 0 Å². The van der Waals surface area contributed by atoms with E-state index in [1.165, 1.54) is 38.8 Å². The van der Waals surface area contributed by atoms with Crippen LogP contribution >= 0.6 is 0 Å². The van der Waals surface area contributed by atoms with Crippen molar-refractivity contribution in [1.82, 2.24) is 4.90 Å². The van der Waals surface area contributed by atoms with Crippen molar-refractivity contribution in [3.8, 4) is 0 Å². The van der Waals surface area contributed by atoms with Gasteiger partial charge in [-0.15, -0.1) is 0 Å². The zero-order valence-electron chi connectivity index (χ0n) is 6.27. The van der Waals surface area contributed by atoms with Crippen LogP contribution in [-0.4, -0.2) is 18.0 Å². The number of hydrogen-bond acceptors (Lipinski definition) is 1. The normalized spacial score (nSPS) is 22.3. The van der Waals surface area contributed by atoms with Crippen molar-refractivity contribution in [2.24, 2.45) is 0 Å². The van der Waals surface area contributed by atoms with Crippen LogP contribution in [0.1, 0.15) is 32.6 Å². The molecule has 1 rings (SSSR count). The Bertz CT molecular complexity index is 62.2. The maximum absolute atomic E-state index is 2.45. The molecule has 1 nitrogen and oxygen atoms in total. The van der Waals surface area contributed by atoms with Crippen LogP contribution in [0.15, 0.2) is 0 Å². The molecule has 0 atom stereocenters. The minimum atomic E-state index is 1.19. The SMILES string of the molecule is CC[CH]N1CCCCC1. The van der Waals surface area contributed by atoms with Crippen molar-refractivity contribution >= 4 is 0 Å². The van der Waals surface area contributed by atoms with Gasteiger partial charge in [0, 0.05) is 6.54 Å². The smallest absolute Gasteiger partial charge is 0.0248 e. The van der Waals surface area contributed by atoms with Gasteiger partial charge in [0.05, 0.1) is 0 Å². The third-order valence-electron chi connectivity index (χ3n) is 1.83. The molecule has 1 fully saturated rings. The summed E-state index contributed by atoms with van der Waals surface area (Å²) in [7, 11) is 0. The van der Waals surface area contributed by atoms with Crippen LogP contribution in [0.4, 0.5) is 0 Å². The highest BCUT2D eigenvalue weighted by Crippen LogP contribution is 2.10. The van der Waals surface area contributed by atoms with Gasteiger partial charge < -0.3 is 0 Å². The van der Waals surface area contributed by atoms with Gasteiger partial charge in [-0.1, -0.05) is 13.3 Å². The summed E-state index contributed by atoms with van der Waals surface area (Å²) in [5.74, 6) is 0. The lowest BCUT2D eigenvalue weighted by molar-refractivity contribution is 0.272. The summed E-state index contributed by atoms with van der Waals surface area (Å²) in [6.07, 6.45) is 5.43. The quantitative estimate of drug-likeness (QED) is 0.547. The Labute approximate surface area is 58.0 Å². The van der Waals surface area contributed by atoms with E-state index in [0.717, 1.165) is 0 Å². The van der Waals surface area contributed by atoms with Gasteiger partial charge in [0.15, 0.2) is 0 Å². The Balaban J connectivity index is 2.08. The molecule has 0 saturated carbocycles. The molecule has 0 aromatic rings. The predicted octanol–water partition coefficient (Wildman–Crippen LogP) is 2.04. The van der Waals surface area contributed by atoms with E-state index in [0.29, 0.717) is 0 Å². The van der Waals surface area contributed by atoms with Crippen LogP contribution in [0, 0.1) is 6.54 Å². The molecular formula is C8H16N. The fourth-order valence-electron chi connectivity index (χ4n) is 1.36. The molecule has 0 unspecified atom stereocenters. The predicted molar refractivity (Wildman–Crippen MR) is 40.0 cm³/mol. The van der Waals surface area contributed by atoms with E-state index in [4.69, 9.17) is 0 Å².